The minimum absolute atomic E-state index is 0.0196. The summed E-state index contributed by atoms with van der Waals surface area (Å²) < 4.78 is 37.2. The van der Waals surface area contributed by atoms with Gasteiger partial charge in [-0.25, -0.2) is 12.8 Å². The van der Waals surface area contributed by atoms with Crippen molar-refractivity contribution in [3.63, 3.8) is 0 Å². The molecule has 0 fully saturated rings. The van der Waals surface area contributed by atoms with Gasteiger partial charge < -0.3 is 10.6 Å². The molecule has 7 heteroatoms. The van der Waals surface area contributed by atoms with Crippen LogP contribution in [0.4, 0.5) is 10.1 Å². The highest BCUT2D eigenvalue weighted by molar-refractivity contribution is 7.90. The molecule has 1 rings (SSSR count). The maximum Gasteiger partial charge on any atom is 0.239 e. The zero-order valence-electron chi connectivity index (χ0n) is 14.2. The molecule has 1 amide bonds. The number of anilines is 1. The van der Waals surface area contributed by atoms with Crippen molar-refractivity contribution in [3.05, 3.63) is 24.0 Å². The summed E-state index contributed by atoms with van der Waals surface area (Å²) in [6.07, 6.45) is 0.935. The largest absolute Gasteiger partial charge is 0.375 e. The second kappa shape index (κ2) is 7.77. The van der Waals surface area contributed by atoms with E-state index in [9.17, 15) is 17.6 Å². The van der Waals surface area contributed by atoms with E-state index in [2.05, 4.69) is 10.6 Å². The van der Waals surface area contributed by atoms with Gasteiger partial charge in [0.1, 0.15) is 10.7 Å². The van der Waals surface area contributed by atoms with Crippen molar-refractivity contribution in [1.29, 1.82) is 0 Å². The Kier molecular flexibility index (Phi) is 6.56. The van der Waals surface area contributed by atoms with Gasteiger partial charge in [0.05, 0.1) is 12.2 Å². The van der Waals surface area contributed by atoms with Crippen molar-refractivity contribution in [3.8, 4) is 0 Å². The van der Waals surface area contributed by atoms with E-state index < -0.39 is 20.5 Å². The predicted molar refractivity (Wildman–Crippen MR) is 89.6 cm³/mol. The number of hydrogen-bond donors (Lipinski definition) is 2. The normalized spacial score (nSPS) is 12.0. The number of rotatable bonds is 7. The number of amides is 1. The maximum atomic E-state index is 13.8. The lowest BCUT2D eigenvalue weighted by Gasteiger charge is -2.26. The molecule has 0 bridgehead atoms. The van der Waals surface area contributed by atoms with Crippen molar-refractivity contribution >= 4 is 21.4 Å². The first-order chi connectivity index (χ1) is 10.5. The monoisotopic (exact) mass is 344 g/mol. The van der Waals surface area contributed by atoms with E-state index in [4.69, 9.17) is 0 Å². The fourth-order valence-electron chi connectivity index (χ4n) is 2.54. The quantitative estimate of drug-likeness (QED) is 0.797. The van der Waals surface area contributed by atoms with Gasteiger partial charge in [0, 0.05) is 12.3 Å². The fourth-order valence-corrected chi connectivity index (χ4v) is 3.50. The Morgan fingerprint density at radius 3 is 2.22 bits per heavy atom. The molecule has 0 spiro atoms. The average molecular weight is 344 g/mol. The zero-order chi connectivity index (χ0) is 17.8. The Morgan fingerprint density at radius 2 is 1.74 bits per heavy atom. The Bertz CT molecular complexity index is 649. The molecule has 0 saturated carbocycles. The Morgan fingerprint density at radius 1 is 1.17 bits per heavy atom. The van der Waals surface area contributed by atoms with Gasteiger partial charge in [0.2, 0.25) is 5.91 Å². The van der Waals surface area contributed by atoms with Gasteiger partial charge in [-0.05, 0) is 24.0 Å². The molecule has 0 aliphatic carbocycles. The second-order valence-electron chi connectivity index (χ2n) is 6.32. The van der Waals surface area contributed by atoms with E-state index in [0.29, 0.717) is 0 Å². The summed E-state index contributed by atoms with van der Waals surface area (Å²) in [5.74, 6) is -0.541. The summed E-state index contributed by atoms with van der Waals surface area (Å²) >= 11 is 0. The van der Waals surface area contributed by atoms with Gasteiger partial charge in [-0.15, -0.1) is 0 Å². The van der Waals surface area contributed by atoms with Gasteiger partial charge in [0.25, 0.3) is 0 Å². The molecule has 0 aromatic heterocycles. The standard InChI is InChI=1S/C16H25FN2O3S/c1-10(2)15(11(3)4)19-14(20)9-18-13-8-6-7-12(17)16(13)23(5,21)22/h6-8,10-11,15,18H,9H2,1-5H3,(H,19,20). The number of halogens is 1. The van der Waals surface area contributed by atoms with E-state index >= 15 is 0 Å². The van der Waals surface area contributed by atoms with E-state index in [1.54, 1.807) is 0 Å². The summed E-state index contributed by atoms with van der Waals surface area (Å²) in [4.78, 5) is 11.6. The highest BCUT2D eigenvalue weighted by Crippen LogP contribution is 2.24. The highest BCUT2D eigenvalue weighted by Gasteiger charge is 2.21. The van der Waals surface area contributed by atoms with Crippen LogP contribution in [-0.4, -0.2) is 33.2 Å². The third kappa shape index (κ3) is 5.49. The maximum absolute atomic E-state index is 13.8. The van der Waals surface area contributed by atoms with Crippen molar-refractivity contribution in [2.45, 2.75) is 38.6 Å². The van der Waals surface area contributed by atoms with Crippen molar-refractivity contribution in [2.24, 2.45) is 11.8 Å². The molecule has 0 saturated heterocycles. The lowest BCUT2D eigenvalue weighted by molar-refractivity contribution is -0.120. The lowest BCUT2D eigenvalue weighted by atomic mass is 9.93. The predicted octanol–water partition coefficient (Wildman–Crippen LogP) is 2.44. The average Bonchev–Trinajstić information content (AvgIpc) is 2.40. The minimum atomic E-state index is -3.73. The smallest absolute Gasteiger partial charge is 0.239 e. The van der Waals surface area contributed by atoms with Gasteiger partial charge in [0.15, 0.2) is 9.84 Å². The van der Waals surface area contributed by atoms with Crippen LogP contribution in [0.3, 0.4) is 0 Å². The molecular formula is C16H25FN2O3S. The van der Waals surface area contributed by atoms with E-state index in [-0.39, 0.29) is 36.0 Å². The van der Waals surface area contributed by atoms with Crippen LogP contribution in [0, 0.1) is 17.7 Å². The summed E-state index contributed by atoms with van der Waals surface area (Å²) in [5.41, 5.74) is 0.0910. The SMILES string of the molecule is CC(C)C(NC(=O)CNc1cccc(F)c1S(C)(=O)=O)C(C)C. The van der Waals surface area contributed by atoms with Crippen LogP contribution >= 0.6 is 0 Å². The van der Waals surface area contributed by atoms with Crippen LogP contribution in [0.15, 0.2) is 23.1 Å². The molecule has 1 aromatic rings. The first-order valence-electron chi connectivity index (χ1n) is 7.55. The third-order valence-corrected chi connectivity index (χ3v) is 4.70. The summed E-state index contributed by atoms with van der Waals surface area (Å²) in [5, 5.41) is 5.63. The summed E-state index contributed by atoms with van der Waals surface area (Å²) in [7, 11) is -3.73. The summed E-state index contributed by atoms with van der Waals surface area (Å²) in [6.45, 7) is 7.96. The topological polar surface area (TPSA) is 75.3 Å². The molecule has 1 aromatic carbocycles. The number of hydrogen-bond acceptors (Lipinski definition) is 4. The van der Waals surface area contributed by atoms with Crippen LogP contribution in [0.2, 0.25) is 0 Å². The van der Waals surface area contributed by atoms with E-state index in [1.807, 2.05) is 27.7 Å². The number of benzene rings is 1. The van der Waals surface area contributed by atoms with Crippen molar-refractivity contribution < 1.29 is 17.6 Å². The molecule has 0 heterocycles. The molecule has 0 unspecified atom stereocenters. The van der Waals surface area contributed by atoms with Crippen LogP contribution < -0.4 is 10.6 Å². The number of carbonyl (C=O) groups is 1. The Labute approximate surface area is 137 Å². The number of sulfone groups is 1. The van der Waals surface area contributed by atoms with E-state index in [0.717, 1.165) is 12.3 Å². The second-order valence-corrected chi connectivity index (χ2v) is 8.28. The third-order valence-electron chi connectivity index (χ3n) is 3.54. The molecule has 130 valence electrons. The molecule has 2 N–H and O–H groups in total. The van der Waals surface area contributed by atoms with Crippen LogP contribution in [0.25, 0.3) is 0 Å². The van der Waals surface area contributed by atoms with Gasteiger partial charge in [-0.1, -0.05) is 33.8 Å². The minimum Gasteiger partial charge on any atom is -0.375 e. The first-order valence-corrected chi connectivity index (χ1v) is 9.45. The zero-order valence-corrected chi connectivity index (χ0v) is 15.0. The molecule has 0 radical (unpaired) electrons. The molecule has 0 atom stereocenters. The molecule has 5 nitrogen and oxygen atoms in total. The Hall–Kier alpha value is -1.63. The number of carbonyl (C=O) groups excluding carboxylic acids is 1. The van der Waals surface area contributed by atoms with Gasteiger partial charge >= 0.3 is 0 Å². The van der Waals surface area contributed by atoms with Crippen molar-refractivity contribution in [1.82, 2.24) is 5.32 Å². The summed E-state index contributed by atoms with van der Waals surface area (Å²) in [6, 6.07) is 3.94. The molecular weight excluding hydrogens is 319 g/mol. The molecule has 0 aliphatic rings. The number of nitrogens with one attached hydrogen (secondary N) is 2. The van der Waals surface area contributed by atoms with Crippen LogP contribution in [0.1, 0.15) is 27.7 Å². The van der Waals surface area contributed by atoms with E-state index in [1.165, 1.54) is 12.1 Å². The molecule has 23 heavy (non-hydrogen) atoms. The van der Waals surface area contributed by atoms with Crippen LogP contribution in [0.5, 0.6) is 0 Å². The fraction of sp³-hybridized carbons (Fsp3) is 0.562. The highest BCUT2D eigenvalue weighted by atomic mass is 32.2. The van der Waals surface area contributed by atoms with Gasteiger partial charge in [-0.2, -0.15) is 0 Å². The Balaban J connectivity index is 2.84. The van der Waals surface area contributed by atoms with Gasteiger partial charge in [-0.3, -0.25) is 4.79 Å². The van der Waals surface area contributed by atoms with Crippen molar-refractivity contribution in [2.75, 3.05) is 18.1 Å². The van der Waals surface area contributed by atoms with Crippen LogP contribution in [-0.2, 0) is 14.6 Å². The lowest BCUT2D eigenvalue weighted by Crippen LogP contribution is -2.44. The molecule has 0 aliphatic heterocycles. The first kappa shape index (κ1) is 19.4.